The predicted octanol–water partition coefficient (Wildman–Crippen LogP) is 6.29. The molecule has 0 heterocycles. The van der Waals surface area contributed by atoms with Gasteiger partial charge < -0.3 is 10.5 Å². The number of hydrogen-bond acceptors (Lipinski definition) is 2. The van der Waals surface area contributed by atoms with Crippen LogP contribution in [0.1, 0.15) is 17.3 Å². The summed E-state index contributed by atoms with van der Waals surface area (Å²) >= 11 is 0. The molecule has 148 valence electrons. The lowest BCUT2D eigenvalue weighted by molar-refractivity contribution is -0.305. The van der Waals surface area contributed by atoms with Crippen molar-refractivity contribution in [1.29, 1.82) is 0 Å². The van der Waals surface area contributed by atoms with E-state index in [9.17, 15) is 39.5 Å². The Morgan fingerprint density at radius 1 is 0.815 bits per heavy atom. The fourth-order valence-corrected chi connectivity index (χ4v) is 2.10. The van der Waals surface area contributed by atoms with Crippen molar-refractivity contribution in [3.05, 3.63) is 53.6 Å². The SMILES string of the molecule is Nc1ccc(Oc2ccccc2C(F)C(F)(F)C(F)(F)F)c(C(F)(F)F)c1. The third kappa shape index (κ3) is 4.22. The van der Waals surface area contributed by atoms with E-state index < -0.39 is 47.1 Å². The van der Waals surface area contributed by atoms with Crippen molar-refractivity contribution in [2.24, 2.45) is 0 Å². The highest BCUT2D eigenvalue weighted by atomic mass is 19.4. The van der Waals surface area contributed by atoms with Crippen LogP contribution in [0.5, 0.6) is 11.5 Å². The second kappa shape index (κ2) is 6.86. The van der Waals surface area contributed by atoms with Crippen LogP contribution in [0.4, 0.5) is 45.2 Å². The third-order valence-electron chi connectivity index (χ3n) is 3.42. The first-order valence-corrected chi connectivity index (χ1v) is 7.07. The molecule has 0 aliphatic heterocycles. The highest BCUT2D eigenvalue weighted by Crippen LogP contribution is 2.49. The summed E-state index contributed by atoms with van der Waals surface area (Å²) in [5.74, 6) is -7.64. The van der Waals surface area contributed by atoms with Crippen LogP contribution in [0.2, 0.25) is 0 Å². The number of hydrogen-bond donors (Lipinski definition) is 1. The number of rotatable bonds is 4. The van der Waals surface area contributed by atoms with Crippen LogP contribution >= 0.6 is 0 Å². The quantitative estimate of drug-likeness (QED) is 0.481. The van der Waals surface area contributed by atoms with Crippen LogP contribution in [-0.2, 0) is 6.18 Å². The lowest BCUT2D eigenvalue weighted by Crippen LogP contribution is -2.40. The zero-order chi connectivity index (χ0) is 20.6. The Hall–Kier alpha value is -2.59. The minimum Gasteiger partial charge on any atom is -0.456 e. The van der Waals surface area contributed by atoms with Gasteiger partial charge in [0.2, 0.25) is 6.17 Å². The van der Waals surface area contributed by atoms with Gasteiger partial charge in [-0.15, -0.1) is 0 Å². The van der Waals surface area contributed by atoms with Crippen molar-refractivity contribution in [2.75, 3.05) is 5.73 Å². The summed E-state index contributed by atoms with van der Waals surface area (Å²) in [6, 6.07) is 5.55. The number of nitrogen functional groups attached to an aromatic ring is 1. The second-order valence-electron chi connectivity index (χ2n) is 5.38. The molecule has 27 heavy (non-hydrogen) atoms. The Kier molecular flexibility index (Phi) is 5.26. The van der Waals surface area contributed by atoms with Gasteiger partial charge in [-0.1, -0.05) is 18.2 Å². The fraction of sp³-hybridized carbons (Fsp3) is 0.250. The maximum Gasteiger partial charge on any atom is 0.456 e. The predicted molar refractivity (Wildman–Crippen MR) is 77.2 cm³/mol. The monoisotopic (exact) mass is 403 g/mol. The maximum atomic E-state index is 14.0. The minimum atomic E-state index is -6.21. The van der Waals surface area contributed by atoms with Crippen molar-refractivity contribution in [1.82, 2.24) is 0 Å². The number of nitrogens with two attached hydrogens (primary N) is 1. The average molecular weight is 403 g/mol. The standard InChI is InChI=1S/C16H10F9NO/c17-13(14(18,19)16(23,24)25)9-3-1-2-4-11(9)27-12-6-5-8(26)7-10(12)15(20,21)22/h1-7,13H,26H2. The van der Waals surface area contributed by atoms with Crippen molar-refractivity contribution in [3.8, 4) is 11.5 Å². The molecule has 0 amide bonds. The molecule has 0 aliphatic carbocycles. The molecule has 0 bridgehead atoms. The molecular weight excluding hydrogens is 393 g/mol. The molecule has 2 aromatic rings. The van der Waals surface area contributed by atoms with E-state index in [1.165, 1.54) is 0 Å². The number of para-hydroxylation sites is 1. The number of alkyl halides is 9. The molecule has 0 radical (unpaired) electrons. The highest BCUT2D eigenvalue weighted by molar-refractivity contribution is 5.51. The van der Waals surface area contributed by atoms with Crippen molar-refractivity contribution in [3.63, 3.8) is 0 Å². The van der Waals surface area contributed by atoms with Crippen molar-refractivity contribution < 1.29 is 44.3 Å². The van der Waals surface area contributed by atoms with E-state index in [0.717, 1.165) is 30.3 Å². The topological polar surface area (TPSA) is 35.2 Å². The Morgan fingerprint density at radius 3 is 1.96 bits per heavy atom. The minimum absolute atomic E-state index is 0.296. The highest BCUT2D eigenvalue weighted by Gasteiger charge is 2.64. The first-order valence-electron chi connectivity index (χ1n) is 7.07. The summed E-state index contributed by atoms with van der Waals surface area (Å²) in [7, 11) is 0. The summed E-state index contributed by atoms with van der Waals surface area (Å²) in [6.07, 6.45) is -15.1. The second-order valence-corrected chi connectivity index (χ2v) is 5.38. The molecule has 0 aromatic heterocycles. The van der Waals surface area contributed by atoms with Crippen molar-refractivity contribution >= 4 is 5.69 Å². The van der Waals surface area contributed by atoms with Crippen LogP contribution < -0.4 is 10.5 Å². The number of ether oxygens (including phenoxy) is 1. The number of anilines is 1. The van der Waals surface area contributed by atoms with E-state index >= 15 is 0 Å². The van der Waals surface area contributed by atoms with Crippen LogP contribution in [0, 0.1) is 0 Å². The van der Waals surface area contributed by atoms with E-state index in [4.69, 9.17) is 10.5 Å². The Labute approximate surface area is 146 Å². The van der Waals surface area contributed by atoms with Crippen LogP contribution in [0.25, 0.3) is 0 Å². The van der Waals surface area contributed by atoms with Gasteiger partial charge in [0, 0.05) is 11.3 Å². The number of benzene rings is 2. The molecule has 2 aromatic carbocycles. The zero-order valence-electron chi connectivity index (χ0n) is 13.0. The first-order chi connectivity index (χ1) is 12.2. The van der Waals surface area contributed by atoms with E-state index in [0.29, 0.717) is 12.1 Å². The summed E-state index contributed by atoms with van der Waals surface area (Å²) in [4.78, 5) is 0. The molecule has 0 saturated heterocycles. The smallest absolute Gasteiger partial charge is 0.456 e. The maximum absolute atomic E-state index is 14.0. The number of halogens is 9. The first kappa shape index (κ1) is 20.7. The van der Waals surface area contributed by atoms with Gasteiger partial charge in [0.05, 0.1) is 0 Å². The Morgan fingerprint density at radius 2 is 1.41 bits per heavy atom. The van der Waals surface area contributed by atoms with E-state index in [2.05, 4.69) is 0 Å². The molecular formula is C16H10F9NO. The summed E-state index contributed by atoms with van der Waals surface area (Å²) in [5, 5.41) is 0. The van der Waals surface area contributed by atoms with Gasteiger partial charge in [-0.2, -0.15) is 35.1 Å². The summed E-state index contributed by atoms with van der Waals surface area (Å²) in [6.45, 7) is 0. The van der Waals surface area contributed by atoms with E-state index in [-0.39, 0.29) is 5.69 Å². The van der Waals surface area contributed by atoms with Gasteiger partial charge in [0.1, 0.15) is 17.1 Å². The lowest BCUT2D eigenvalue weighted by atomic mass is 10.0. The van der Waals surface area contributed by atoms with E-state index in [1.807, 2.05) is 0 Å². The molecule has 1 atom stereocenters. The molecule has 1 unspecified atom stereocenters. The van der Waals surface area contributed by atoms with Crippen LogP contribution in [0.3, 0.4) is 0 Å². The molecule has 2 N–H and O–H groups in total. The summed E-state index contributed by atoms with van der Waals surface area (Å²) in [5.41, 5.74) is 2.30. The third-order valence-corrected chi connectivity index (χ3v) is 3.42. The Bertz CT molecular complexity index is 814. The van der Waals surface area contributed by atoms with Gasteiger partial charge in [-0.05, 0) is 24.3 Å². The normalized spacial score (nSPS) is 14.1. The van der Waals surface area contributed by atoms with Crippen molar-refractivity contribution in [2.45, 2.75) is 24.4 Å². The van der Waals surface area contributed by atoms with Gasteiger partial charge in [0.25, 0.3) is 0 Å². The molecule has 0 spiro atoms. The molecule has 2 rings (SSSR count). The fourth-order valence-electron chi connectivity index (χ4n) is 2.10. The average Bonchev–Trinajstić information content (AvgIpc) is 2.54. The summed E-state index contributed by atoms with van der Waals surface area (Å²) < 4.78 is 122. The van der Waals surface area contributed by atoms with E-state index in [1.54, 1.807) is 0 Å². The van der Waals surface area contributed by atoms with Gasteiger partial charge in [-0.3, -0.25) is 0 Å². The molecule has 2 nitrogen and oxygen atoms in total. The Balaban J connectivity index is 2.50. The largest absolute Gasteiger partial charge is 0.456 e. The molecule has 0 aliphatic rings. The van der Waals surface area contributed by atoms with Crippen LogP contribution in [-0.4, -0.2) is 12.1 Å². The lowest BCUT2D eigenvalue weighted by Gasteiger charge is -2.25. The van der Waals surface area contributed by atoms with Gasteiger partial charge >= 0.3 is 18.3 Å². The van der Waals surface area contributed by atoms with Gasteiger partial charge in [-0.25, -0.2) is 4.39 Å². The molecule has 0 fully saturated rings. The molecule has 11 heteroatoms. The van der Waals surface area contributed by atoms with Gasteiger partial charge in [0.15, 0.2) is 0 Å². The molecule has 0 saturated carbocycles. The van der Waals surface area contributed by atoms with Crippen LogP contribution in [0.15, 0.2) is 42.5 Å². The zero-order valence-corrected chi connectivity index (χ0v) is 13.0.